The molecule has 5 heteroatoms. The van der Waals surface area contributed by atoms with Crippen molar-refractivity contribution < 1.29 is 14.3 Å². The van der Waals surface area contributed by atoms with Crippen LogP contribution in [0.3, 0.4) is 0 Å². The molecule has 1 aliphatic rings. The maximum atomic E-state index is 11.8. The van der Waals surface area contributed by atoms with Crippen LogP contribution in [0.2, 0.25) is 0 Å². The molecule has 2 amide bonds. The molecule has 0 aliphatic heterocycles. The highest BCUT2D eigenvalue weighted by molar-refractivity contribution is 5.91. The topological polar surface area (TPSA) is 67.4 Å². The largest absolute Gasteiger partial charge is 0.368 e. The van der Waals surface area contributed by atoms with Crippen LogP contribution in [0.25, 0.3) is 6.08 Å². The Hall–Kier alpha value is -2.14. The molecule has 1 aliphatic carbocycles. The summed E-state index contributed by atoms with van der Waals surface area (Å²) in [6, 6.07) is 9.66. The Labute approximate surface area is 143 Å². The molecule has 24 heavy (non-hydrogen) atoms. The van der Waals surface area contributed by atoms with Gasteiger partial charge in [0.2, 0.25) is 11.8 Å². The van der Waals surface area contributed by atoms with Crippen molar-refractivity contribution in [3.8, 4) is 0 Å². The van der Waals surface area contributed by atoms with E-state index in [0.717, 1.165) is 5.56 Å². The molecule has 0 bridgehead atoms. The molecule has 0 heterocycles. The molecule has 2 rings (SSSR count). The van der Waals surface area contributed by atoms with E-state index in [1.54, 1.807) is 13.0 Å². The Kier molecular flexibility index (Phi) is 7.49. The summed E-state index contributed by atoms with van der Waals surface area (Å²) >= 11 is 0. The highest BCUT2D eigenvalue weighted by Gasteiger charge is 2.23. The third-order valence-electron chi connectivity index (χ3n) is 3.83. The maximum absolute atomic E-state index is 11.8. The first-order valence-electron chi connectivity index (χ1n) is 8.55. The molecule has 0 aromatic heterocycles. The van der Waals surface area contributed by atoms with E-state index in [1.165, 1.54) is 18.9 Å². The lowest BCUT2D eigenvalue weighted by atomic mass is 10.2. The fourth-order valence-corrected chi connectivity index (χ4v) is 2.09. The summed E-state index contributed by atoms with van der Waals surface area (Å²) < 4.78 is 5.51. The molecule has 0 spiro atoms. The van der Waals surface area contributed by atoms with Crippen LogP contribution in [0.5, 0.6) is 0 Å². The Bertz CT molecular complexity index is 553. The minimum Gasteiger partial charge on any atom is -0.368 e. The number of hydrogen-bond acceptors (Lipinski definition) is 3. The Balaban J connectivity index is 1.51. The first kappa shape index (κ1) is 18.2. The zero-order chi connectivity index (χ0) is 17.2. The molecule has 1 saturated carbocycles. The van der Waals surface area contributed by atoms with Crippen LogP contribution >= 0.6 is 0 Å². The summed E-state index contributed by atoms with van der Waals surface area (Å²) in [7, 11) is 0. The van der Waals surface area contributed by atoms with E-state index in [4.69, 9.17) is 4.74 Å². The van der Waals surface area contributed by atoms with Gasteiger partial charge in [-0.2, -0.15) is 0 Å². The van der Waals surface area contributed by atoms with Crippen molar-refractivity contribution in [3.63, 3.8) is 0 Å². The highest BCUT2D eigenvalue weighted by atomic mass is 16.5. The van der Waals surface area contributed by atoms with Crippen LogP contribution in [0.1, 0.15) is 31.7 Å². The number of benzene rings is 1. The molecular weight excluding hydrogens is 304 g/mol. The van der Waals surface area contributed by atoms with Crippen LogP contribution in [-0.4, -0.2) is 37.6 Å². The molecule has 1 aromatic rings. The van der Waals surface area contributed by atoms with Crippen molar-refractivity contribution in [1.82, 2.24) is 10.6 Å². The number of carbonyl (C=O) groups excluding carboxylic acids is 2. The van der Waals surface area contributed by atoms with E-state index in [-0.39, 0.29) is 11.8 Å². The van der Waals surface area contributed by atoms with Crippen molar-refractivity contribution in [3.05, 3.63) is 42.0 Å². The molecular formula is C19H26N2O3. The van der Waals surface area contributed by atoms with Crippen LogP contribution in [0.4, 0.5) is 0 Å². The number of carbonyl (C=O) groups is 2. The smallest absolute Gasteiger partial charge is 0.248 e. The van der Waals surface area contributed by atoms with Crippen molar-refractivity contribution >= 4 is 17.9 Å². The van der Waals surface area contributed by atoms with Crippen LogP contribution < -0.4 is 10.6 Å². The van der Waals surface area contributed by atoms with Crippen molar-refractivity contribution in [2.75, 3.05) is 19.7 Å². The van der Waals surface area contributed by atoms with Gasteiger partial charge in [0.05, 0.1) is 6.61 Å². The molecule has 1 fully saturated rings. The molecule has 130 valence electrons. The second-order valence-corrected chi connectivity index (χ2v) is 6.10. The number of ether oxygens (including phenoxy) is 1. The van der Waals surface area contributed by atoms with Crippen LogP contribution in [-0.2, 0) is 14.3 Å². The number of nitrogens with one attached hydrogen (secondary N) is 2. The highest BCUT2D eigenvalue weighted by Crippen LogP contribution is 2.29. The summed E-state index contributed by atoms with van der Waals surface area (Å²) in [5.41, 5.74) is 0.986. The fraction of sp³-hybridized carbons (Fsp3) is 0.474. The summed E-state index contributed by atoms with van der Waals surface area (Å²) in [6.45, 7) is 3.50. The van der Waals surface area contributed by atoms with Gasteiger partial charge in [-0.15, -0.1) is 0 Å². The summed E-state index contributed by atoms with van der Waals surface area (Å²) in [4.78, 5) is 23.5. The quantitative estimate of drug-likeness (QED) is 0.510. The number of hydrogen-bond donors (Lipinski definition) is 2. The molecule has 1 unspecified atom stereocenters. The zero-order valence-electron chi connectivity index (χ0n) is 14.2. The summed E-state index contributed by atoms with van der Waals surface area (Å²) in [6.07, 6.45) is 6.00. The molecule has 0 saturated heterocycles. The van der Waals surface area contributed by atoms with Gasteiger partial charge in [-0.25, -0.2) is 0 Å². The first-order chi connectivity index (χ1) is 11.6. The third kappa shape index (κ3) is 7.42. The minimum absolute atomic E-state index is 0.0917. The second kappa shape index (κ2) is 9.88. The van der Waals surface area contributed by atoms with Crippen LogP contribution in [0.15, 0.2) is 36.4 Å². The van der Waals surface area contributed by atoms with Gasteiger partial charge < -0.3 is 15.4 Å². The lowest BCUT2D eigenvalue weighted by Crippen LogP contribution is -2.36. The van der Waals surface area contributed by atoms with E-state index in [9.17, 15) is 9.59 Å². The van der Waals surface area contributed by atoms with Gasteiger partial charge in [-0.1, -0.05) is 30.3 Å². The fourth-order valence-electron chi connectivity index (χ4n) is 2.09. The SMILES string of the molecule is CC(OCC1CC1)C(=O)NCCCNC(=O)/C=C/c1ccccc1. The van der Waals surface area contributed by atoms with E-state index in [0.29, 0.717) is 32.0 Å². The van der Waals surface area contributed by atoms with Crippen molar-refractivity contribution in [1.29, 1.82) is 0 Å². The minimum atomic E-state index is -0.408. The lowest BCUT2D eigenvalue weighted by Gasteiger charge is -2.13. The van der Waals surface area contributed by atoms with Crippen molar-refractivity contribution in [2.45, 2.75) is 32.3 Å². The Morgan fingerprint density at radius 1 is 1.21 bits per heavy atom. The standard InChI is InChI=1S/C19H26N2O3/c1-15(24-14-17-8-9-17)19(23)21-13-5-12-20-18(22)11-10-16-6-3-2-4-7-16/h2-4,6-7,10-11,15,17H,5,8-9,12-14H2,1H3,(H,20,22)(H,21,23)/b11-10+. The van der Waals surface area contributed by atoms with Gasteiger partial charge in [-0.05, 0) is 43.7 Å². The van der Waals surface area contributed by atoms with Gasteiger partial charge in [-0.3, -0.25) is 9.59 Å². The Morgan fingerprint density at radius 3 is 2.62 bits per heavy atom. The average molecular weight is 330 g/mol. The van der Waals surface area contributed by atoms with E-state index < -0.39 is 6.10 Å². The van der Waals surface area contributed by atoms with E-state index in [1.807, 2.05) is 30.3 Å². The zero-order valence-corrected chi connectivity index (χ0v) is 14.2. The number of amides is 2. The van der Waals surface area contributed by atoms with Crippen molar-refractivity contribution in [2.24, 2.45) is 5.92 Å². The molecule has 2 N–H and O–H groups in total. The van der Waals surface area contributed by atoms with Gasteiger partial charge in [0.25, 0.3) is 0 Å². The summed E-state index contributed by atoms with van der Waals surface area (Å²) in [5.74, 6) is 0.427. The van der Waals surface area contributed by atoms with Crippen LogP contribution in [0, 0.1) is 5.92 Å². The van der Waals surface area contributed by atoms with Gasteiger partial charge in [0, 0.05) is 19.2 Å². The van der Waals surface area contributed by atoms with Gasteiger partial charge >= 0.3 is 0 Å². The maximum Gasteiger partial charge on any atom is 0.248 e. The summed E-state index contributed by atoms with van der Waals surface area (Å²) in [5, 5.41) is 5.62. The average Bonchev–Trinajstić information content (AvgIpc) is 3.42. The molecule has 1 aromatic carbocycles. The van der Waals surface area contributed by atoms with E-state index >= 15 is 0 Å². The normalized spacial score (nSPS) is 15.2. The van der Waals surface area contributed by atoms with Gasteiger partial charge in [0.1, 0.15) is 6.10 Å². The Morgan fingerprint density at radius 2 is 1.92 bits per heavy atom. The van der Waals surface area contributed by atoms with Gasteiger partial charge in [0.15, 0.2) is 0 Å². The molecule has 0 radical (unpaired) electrons. The number of rotatable bonds is 10. The molecule has 5 nitrogen and oxygen atoms in total. The third-order valence-corrected chi connectivity index (χ3v) is 3.83. The van der Waals surface area contributed by atoms with E-state index in [2.05, 4.69) is 10.6 Å². The molecule has 1 atom stereocenters. The first-order valence-corrected chi connectivity index (χ1v) is 8.55. The predicted octanol–water partition coefficient (Wildman–Crippen LogP) is 2.14. The second-order valence-electron chi connectivity index (χ2n) is 6.10. The predicted molar refractivity (Wildman–Crippen MR) is 94.3 cm³/mol. The monoisotopic (exact) mass is 330 g/mol. The lowest BCUT2D eigenvalue weighted by molar-refractivity contribution is -0.131.